The Balaban J connectivity index is 2.65. The van der Waals surface area contributed by atoms with Gasteiger partial charge in [-0.15, -0.1) is 10.9 Å². The second-order valence-corrected chi connectivity index (χ2v) is 2.74. The van der Waals surface area contributed by atoms with Crippen LogP contribution in [0.4, 0.5) is 0 Å². The molecule has 1 aliphatic heterocycles. The number of aromatic nitrogens is 2. The van der Waals surface area contributed by atoms with Gasteiger partial charge in [0.05, 0.1) is 12.3 Å². The number of hydrogen-bond acceptors (Lipinski definition) is 3. The van der Waals surface area contributed by atoms with E-state index in [2.05, 4.69) is 5.10 Å². The average Bonchev–Trinajstić information content (AvgIpc) is 2.41. The first-order valence-corrected chi connectivity index (χ1v) is 3.30. The fourth-order valence-corrected chi connectivity index (χ4v) is 1.15. The van der Waals surface area contributed by atoms with Crippen molar-refractivity contribution in [1.29, 1.82) is 0 Å². The van der Waals surface area contributed by atoms with Gasteiger partial charge in [-0.1, -0.05) is 9.49 Å². The second-order valence-electron chi connectivity index (χ2n) is 2.74. The smallest absolute Gasteiger partial charge is 0.247 e. The highest BCUT2D eigenvalue weighted by Crippen LogP contribution is 2.16. The Labute approximate surface area is 64.0 Å². The van der Waals surface area contributed by atoms with Gasteiger partial charge in [-0.25, -0.2) is 0 Å². The van der Waals surface area contributed by atoms with Crippen molar-refractivity contribution in [3.05, 3.63) is 23.8 Å². The molecule has 0 bridgehead atoms. The maximum atomic E-state index is 5.82. The van der Waals surface area contributed by atoms with Crippen LogP contribution in [0.3, 0.4) is 0 Å². The Morgan fingerprint density at radius 1 is 1.64 bits per heavy atom. The third-order valence-corrected chi connectivity index (χ3v) is 1.86. The van der Waals surface area contributed by atoms with Crippen molar-refractivity contribution in [3.63, 3.8) is 0 Å². The van der Waals surface area contributed by atoms with Gasteiger partial charge >= 0.3 is 0 Å². The predicted octanol–water partition coefficient (Wildman–Crippen LogP) is -0.904. The van der Waals surface area contributed by atoms with Crippen LogP contribution in [0.5, 0.6) is 0 Å². The molecule has 2 rings (SSSR count). The monoisotopic (exact) mass is 152 g/mol. The van der Waals surface area contributed by atoms with E-state index < -0.39 is 0 Å². The van der Waals surface area contributed by atoms with Crippen LogP contribution in [0.2, 0.25) is 0 Å². The van der Waals surface area contributed by atoms with Crippen LogP contribution in [-0.4, -0.2) is 16.9 Å². The van der Waals surface area contributed by atoms with Gasteiger partial charge in [-0.2, -0.15) is 0 Å². The van der Waals surface area contributed by atoms with Crippen molar-refractivity contribution >= 4 is 6.08 Å². The molecule has 1 atom stereocenters. The fourth-order valence-electron chi connectivity index (χ4n) is 1.15. The molecule has 11 heavy (non-hydrogen) atoms. The molecule has 58 valence electrons. The van der Waals surface area contributed by atoms with Gasteiger partial charge in [0.2, 0.25) is 5.82 Å². The molecule has 0 saturated carbocycles. The third kappa shape index (κ3) is 0.634. The van der Waals surface area contributed by atoms with E-state index in [1.54, 1.807) is 18.0 Å². The van der Waals surface area contributed by atoms with E-state index in [0.717, 1.165) is 5.69 Å². The molecule has 0 aliphatic carbocycles. The van der Waals surface area contributed by atoms with Crippen LogP contribution in [0.1, 0.15) is 5.69 Å². The van der Waals surface area contributed by atoms with Crippen LogP contribution in [-0.2, 0) is 0 Å². The summed E-state index contributed by atoms with van der Waals surface area (Å²) < 4.78 is 0.00231. The van der Waals surface area contributed by atoms with Crippen molar-refractivity contribution in [3.8, 4) is 0 Å². The highest BCUT2D eigenvalue weighted by molar-refractivity contribution is 5.52. The minimum Gasteiger partial charge on any atom is -0.351 e. The normalized spacial score (nSPS) is 28.4. The van der Waals surface area contributed by atoms with Crippen molar-refractivity contribution in [2.24, 2.45) is 11.6 Å². The highest BCUT2D eigenvalue weighted by Gasteiger charge is 2.33. The summed E-state index contributed by atoms with van der Waals surface area (Å²) in [6, 6.07) is 1.86. The summed E-state index contributed by atoms with van der Waals surface area (Å²) in [5, 5.41) is 4.03. The minimum atomic E-state index is 0.00231. The number of quaternary nitrogens is 1. The van der Waals surface area contributed by atoms with E-state index in [-0.39, 0.29) is 4.70 Å². The second kappa shape index (κ2) is 1.63. The molecule has 5 nitrogen and oxygen atoms in total. The van der Waals surface area contributed by atoms with Crippen LogP contribution in [0, 0.1) is 0 Å². The van der Waals surface area contributed by atoms with Crippen molar-refractivity contribution in [2.75, 3.05) is 7.05 Å². The SMILES string of the molecule is C[N+]1(N)C(N)=Cc2ccnn21. The van der Waals surface area contributed by atoms with E-state index in [4.69, 9.17) is 11.6 Å². The van der Waals surface area contributed by atoms with Crippen molar-refractivity contribution in [2.45, 2.75) is 0 Å². The van der Waals surface area contributed by atoms with E-state index in [1.165, 1.54) is 0 Å². The number of fused-ring (bicyclic) bond motifs is 1. The van der Waals surface area contributed by atoms with Gasteiger partial charge in [0, 0.05) is 0 Å². The molecule has 1 aliphatic rings. The topological polar surface area (TPSA) is 69.9 Å². The maximum Gasteiger partial charge on any atom is 0.247 e. The molecular weight excluding hydrogens is 142 g/mol. The van der Waals surface area contributed by atoms with Gasteiger partial charge in [0.1, 0.15) is 12.7 Å². The minimum absolute atomic E-state index is 0.00231. The van der Waals surface area contributed by atoms with Gasteiger partial charge < -0.3 is 5.73 Å². The highest BCUT2D eigenvalue weighted by atomic mass is 15.9. The standard InChI is InChI=1S/C6H10N5/c1-11(8)6(7)4-5-2-3-9-10(5)11/h2-4H,7-8H2,1H3/q+1. The molecule has 2 heterocycles. The lowest BCUT2D eigenvalue weighted by molar-refractivity contribution is 0.201. The summed E-state index contributed by atoms with van der Waals surface area (Å²) >= 11 is 0. The molecule has 1 aromatic rings. The van der Waals surface area contributed by atoms with E-state index >= 15 is 0 Å². The first kappa shape index (κ1) is 6.38. The lowest BCUT2D eigenvalue weighted by Gasteiger charge is -2.21. The summed E-state index contributed by atoms with van der Waals surface area (Å²) in [6.45, 7) is 0. The van der Waals surface area contributed by atoms with Gasteiger partial charge in [0.25, 0.3) is 0 Å². The summed E-state index contributed by atoms with van der Waals surface area (Å²) in [5.41, 5.74) is 6.59. The number of rotatable bonds is 0. The molecule has 5 heteroatoms. The molecule has 0 radical (unpaired) electrons. The van der Waals surface area contributed by atoms with Crippen molar-refractivity contribution < 1.29 is 0 Å². The molecular formula is C6H10N5+. The first-order valence-electron chi connectivity index (χ1n) is 3.30. The summed E-state index contributed by atoms with van der Waals surface area (Å²) in [7, 11) is 1.77. The molecule has 0 amide bonds. The zero-order valence-corrected chi connectivity index (χ0v) is 6.23. The van der Waals surface area contributed by atoms with Crippen molar-refractivity contribution in [1.82, 2.24) is 14.6 Å². The molecule has 1 aromatic heterocycles. The summed E-state index contributed by atoms with van der Waals surface area (Å²) in [6.07, 6.45) is 3.51. The molecule has 0 saturated heterocycles. The zero-order chi connectivity index (χ0) is 8.06. The van der Waals surface area contributed by atoms with Gasteiger partial charge in [-0.3, -0.25) is 0 Å². The summed E-state index contributed by atoms with van der Waals surface area (Å²) in [5.74, 6) is 6.41. The van der Waals surface area contributed by atoms with Crippen LogP contribution in [0.15, 0.2) is 18.1 Å². The maximum absolute atomic E-state index is 5.82. The molecule has 0 spiro atoms. The van der Waals surface area contributed by atoms with Crippen LogP contribution in [0.25, 0.3) is 6.08 Å². The Morgan fingerprint density at radius 3 is 3.00 bits per heavy atom. The Kier molecular flexibility index (Phi) is 0.948. The molecule has 1 unspecified atom stereocenters. The molecule has 0 fully saturated rings. The van der Waals surface area contributed by atoms with Crippen LogP contribution < -0.4 is 16.3 Å². The zero-order valence-electron chi connectivity index (χ0n) is 6.23. The van der Waals surface area contributed by atoms with E-state index in [1.807, 2.05) is 12.1 Å². The third-order valence-electron chi connectivity index (χ3n) is 1.86. The average molecular weight is 152 g/mol. The van der Waals surface area contributed by atoms with E-state index in [9.17, 15) is 0 Å². The number of nitrogens with two attached hydrogens (primary N) is 2. The lowest BCUT2D eigenvalue weighted by Crippen LogP contribution is -2.60. The molecule has 4 N–H and O–H groups in total. The van der Waals surface area contributed by atoms with E-state index in [0.29, 0.717) is 5.82 Å². The number of hydrogen-bond donors (Lipinski definition) is 2. The first-order chi connectivity index (χ1) is 5.12. The van der Waals surface area contributed by atoms with Crippen LogP contribution >= 0.6 is 0 Å². The quantitative estimate of drug-likeness (QED) is 0.374. The van der Waals surface area contributed by atoms with Gasteiger partial charge in [-0.05, 0) is 6.07 Å². The Hall–Kier alpha value is -1.33. The summed E-state index contributed by atoms with van der Waals surface area (Å²) in [4.78, 5) is 1.65. The fraction of sp³-hybridized carbons (Fsp3) is 0.167. The Morgan fingerprint density at radius 2 is 2.36 bits per heavy atom. The molecule has 0 aromatic carbocycles. The predicted molar refractivity (Wildman–Crippen MR) is 42.0 cm³/mol. The van der Waals surface area contributed by atoms with Gasteiger partial charge in [0.15, 0.2) is 0 Å². The number of nitrogens with zero attached hydrogens (tertiary/aromatic N) is 3. The lowest BCUT2D eigenvalue weighted by atomic mass is 10.4. The Bertz CT molecular complexity index is 321. The largest absolute Gasteiger partial charge is 0.351 e.